The Morgan fingerprint density at radius 1 is 0.402 bits per heavy atom. The molecule has 1 fully saturated rings. The van der Waals surface area contributed by atoms with Crippen LogP contribution in [0.15, 0.2) is 91.0 Å². The number of aryl methyl sites for hydroxylation is 3. The number of ether oxygens (including phenoxy) is 5. The average molecular weight is 1590 g/mol. The summed E-state index contributed by atoms with van der Waals surface area (Å²) in [6.45, 7) is 6.60. The van der Waals surface area contributed by atoms with Gasteiger partial charge in [0.15, 0.2) is 6.29 Å². The number of carboxylic acid groups (broad SMARTS) is 1. The van der Waals surface area contributed by atoms with Gasteiger partial charge < -0.3 is 54.3 Å². The van der Waals surface area contributed by atoms with E-state index in [2.05, 4.69) is 104 Å². The number of aliphatic hydroxyl groups excluding tert-OH is 1. The van der Waals surface area contributed by atoms with E-state index in [0.717, 1.165) is 212 Å². The van der Waals surface area contributed by atoms with Crippen LogP contribution in [-0.4, -0.2) is 125 Å². The molecule has 0 radical (unpaired) electrons. The van der Waals surface area contributed by atoms with Crippen molar-refractivity contribution in [2.24, 2.45) is 5.92 Å². The monoisotopic (exact) mass is 1590 g/mol. The molecule has 0 saturated carbocycles. The van der Waals surface area contributed by atoms with Crippen molar-refractivity contribution >= 4 is 31.4 Å². The van der Waals surface area contributed by atoms with Gasteiger partial charge in [-0.25, -0.2) is 4.57 Å². The minimum Gasteiger partial charge on any atom is -0.481 e. The zero-order chi connectivity index (χ0) is 80.4. The first kappa shape index (κ1) is 100.0. The molecule has 3 aromatic carbocycles. The number of hydrogen-bond donors (Lipinski definition) is 6. The zero-order valence-electron chi connectivity index (χ0n) is 70.5. The van der Waals surface area contributed by atoms with Crippen LogP contribution >= 0.6 is 7.82 Å². The number of rotatable bonds is 77. The van der Waals surface area contributed by atoms with Gasteiger partial charge in [0.2, 0.25) is 11.8 Å². The highest BCUT2D eigenvalue weighted by molar-refractivity contribution is 7.46. The number of nitrogens with one attached hydrogen (secondary N) is 2. The van der Waals surface area contributed by atoms with E-state index in [1.807, 2.05) is 18.2 Å². The molecular weight excluding hydrogens is 1430 g/mol. The normalized spacial score (nSPS) is 17.0. The number of amides is 2. The highest BCUT2D eigenvalue weighted by atomic mass is 31.2. The molecule has 0 spiro atoms. The number of phosphoric acid groups is 1. The Hall–Kier alpha value is -4.39. The fourth-order valence-electron chi connectivity index (χ4n) is 15.7. The quantitative estimate of drug-likeness (QED) is 0.0227. The van der Waals surface area contributed by atoms with E-state index >= 15 is 4.79 Å². The van der Waals surface area contributed by atoms with Gasteiger partial charge in [0, 0.05) is 32.7 Å². The summed E-state index contributed by atoms with van der Waals surface area (Å²) >= 11 is 0. The van der Waals surface area contributed by atoms with Crippen LogP contribution < -0.4 is 10.6 Å². The van der Waals surface area contributed by atoms with Gasteiger partial charge in [-0.15, -0.1) is 0 Å². The number of phosphoric ester groups is 1. The SMILES string of the molecule is CCCCCCCCCCC[C@H](CC(=O)C[C@@H](CO[C@@H]1OC(CO)[C@@H](OP(=O)(O)O)[C@H](NC(=O)C[C@@H](CCCCCCCCCCC)OCCCCCCCCc2ccccc2)C1NC(=O)C[C@@H](CCCCCCCCCCC)OCCCCCCCCc1ccccc1)C(=O)O)OCCCCCCCCc1ccccc1. The molecule has 4 rings (SSSR count). The summed E-state index contributed by atoms with van der Waals surface area (Å²) in [6, 6.07) is 28.7. The fourth-order valence-corrected chi connectivity index (χ4v) is 16.3. The Morgan fingerprint density at radius 2 is 0.705 bits per heavy atom. The molecule has 18 heteroatoms. The topological polar surface area (TPSA) is 246 Å². The van der Waals surface area contributed by atoms with Gasteiger partial charge in [-0.1, -0.05) is 362 Å². The van der Waals surface area contributed by atoms with Gasteiger partial charge in [0.25, 0.3) is 0 Å². The Morgan fingerprint density at radius 3 is 1.03 bits per heavy atom. The van der Waals surface area contributed by atoms with Crippen LogP contribution in [0.25, 0.3) is 0 Å². The summed E-state index contributed by atoms with van der Waals surface area (Å²) in [5.74, 6) is -4.07. The molecule has 17 nitrogen and oxygen atoms in total. The maximum Gasteiger partial charge on any atom is 0.470 e. The molecule has 2 unspecified atom stereocenters. The van der Waals surface area contributed by atoms with E-state index in [-0.39, 0.29) is 25.0 Å². The molecule has 6 N–H and O–H groups in total. The lowest BCUT2D eigenvalue weighted by Gasteiger charge is -2.46. The molecule has 112 heavy (non-hydrogen) atoms. The van der Waals surface area contributed by atoms with Gasteiger partial charge in [-0.05, 0) is 93.7 Å². The number of carboxylic acids is 1. The second-order valence-corrected chi connectivity index (χ2v) is 33.8. The van der Waals surface area contributed by atoms with Crippen LogP contribution in [0.4, 0.5) is 0 Å². The Kier molecular flexibility index (Phi) is 60.4. The number of aliphatic carboxylic acids is 1. The molecule has 1 saturated heterocycles. The molecule has 0 bridgehead atoms. The van der Waals surface area contributed by atoms with Crippen molar-refractivity contribution in [3.8, 4) is 0 Å². The highest BCUT2D eigenvalue weighted by Crippen LogP contribution is 2.42. The second-order valence-electron chi connectivity index (χ2n) is 32.6. The maximum atomic E-state index is 15.0. The first-order chi connectivity index (χ1) is 54.7. The number of unbranched alkanes of at least 4 members (excludes halogenated alkanes) is 39. The van der Waals surface area contributed by atoms with Crippen LogP contribution in [0.1, 0.15) is 371 Å². The van der Waals surface area contributed by atoms with Crippen LogP contribution in [0.3, 0.4) is 0 Å². The Bertz CT molecular complexity index is 2760. The molecular formula is C94H159N2O15P. The van der Waals surface area contributed by atoms with Gasteiger partial charge in [-0.2, -0.15) is 0 Å². The van der Waals surface area contributed by atoms with Gasteiger partial charge in [-0.3, -0.25) is 23.7 Å². The van der Waals surface area contributed by atoms with E-state index in [4.69, 9.17) is 28.2 Å². The van der Waals surface area contributed by atoms with Crippen LogP contribution in [-0.2, 0) is 71.2 Å². The lowest BCUT2D eigenvalue weighted by Crippen LogP contribution is -2.70. The number of aliphatic hydroxyl groups is 1. The highest BCUT2D eigenvalue weighted by Gasteiger charge is 2.51. The number of carbonyl (C=O) groups excluding carboxylic acids is 3. The summed E-state index contributed by atoms with van der Waals surface area (Å²) < 4.78 is 51.2. The molecule has 1 aliphatic heterocycles. The number of benzene rings is 3. The number of carbonyl (C=O) groups is 4. The minimum atomic E-state index is -5.42. The summed E-state index contributed by atoms with van der Waals surface area (Å²) in [5.41, 5.74) is 4.06. The molecule has 3 aromatic rings. The molecule has 2 amide bonds. The first-order valence-electron chi connectivity index (χ1n) is 45.6. The standard InChI is InChI=1S/C94H159N2O15P/c1-4-7-10-13-16-19-22-34-52-67-84(106-70-55-37-28-25-31-43-58-79-61-46-40-47-62-79)74-83(98)73-82(93(101)102)78-109-94-91(96-89(100)76-86(69-54-36-24-21-18-15-12-9-6-3)108-72-57-39-30-27-33-45-60-81-65-50-42-51-66-81)90(92(87(77-97)110-94)111-112(103,104)105)95-88(99)75-85(68-53-35-23-20-17-14-11-8-5-2)107-71-56-38-29-26-32-44-59-80-63-48-41-49-64-80/h40-42,46-51,61-66,82,84-87,90-92,94,97H,4-39,43-45,52-60,67-78H2,1-3H3,(H,95,99)(H,96,100)(H,101,102)(H2,103,104,105)/t82-,84+,85+,86+,87?,90+,91?,92+,94+/m0/s1. The molecule has 640 valence electrons. The number of ketones is 1. The van der Waals surface area contributed by atoms with E-state index in [1.54, 1.807) is 0 Å². The molecule has 0 aromatic heterocycles. The smallest absolute Gasteiger partial charge is 0.470 e. The maximum absolute atomic E-state index is 15.0. The van der Waals surface area contributed by atoms with E-state index in [9.17, 15) is 38.9 Å². The van der Waals surface area contributed by atoms with E-state index in [1.165, 1.54) is 113 Å². The van der Waals surface area contributed by atoms with Gasteiger partial charge >= 0.3 is 13.8 Å². The van der Waals surface area contributed by atoms with Gasteiger partial charge in [0.1, 0.15) is 24.0 Å². The van der Waals surface area contributed by atoms with Crippen LogP contribution in [0.2, 0.25) is 0 Å². The summed E-state index contributed by atoms with van der Waals surface area (Å²) in [6.07, 6.45) is 47.4. The fraction of sp³-hybridized carbons (Fsp3) is 0.766. The van der Waals surface area contributed by atoms with Crippen molar-refractivity contribution in [3.05, 3.63) is 108 Å². The Balaban J connectivity index is 1.59. The first-order valence-corrected chi connectivity index (χ1v) is 47.2. The van der Waals surface area contributed by atoms with Crippen molar-refractivity contribution in [2.75, 3.05) is 33.0 Å². The van der Waals surface area contributed by atoms with Crippen molar-refractivity contribution in [1.82, 2.24) is 10.6 Å². The van der Waals surface area contributed by atoms with Crippen molar-refractivity contribution in [3.63, 3.8) is 0 Å². The third-order valence-corrected chi connectivity index (χ3v) is 22.9. The number of Topliss-reactive ketones (excluding diaryl/α,β-unsaturated/α-hetero) is 1. The summed E-state index contributed by atoms with van der Waals surface area (Å²) in [4.78, 5) is 78.9. The predicted octanol–water partition coefficient (Wildman–Crippen LogP) is 22.7. The average Bonchev–Trinajstić information content (AvgIpc) is 0.779. The third kappa shape index (κ3) is 52.3. The molecule has 1 aliphatic rings. The second kappa shape index (κ2) is 67.6. The molecule has 0 aliphatic carbocycles. The Labute approximate surface area is 679 Å². The van der Waals surface area contributed by atoms with Crippen molar-refractivity contribution in [2.45, 2.75) is 423 Å². The lowest BCUT2D eigenvalue weighted by molar-refractivity contribution is -0.251. The van der Waals surface area contributed by atoms with E-state index in [0.29, 0.717) is 39.1 Å². The van der Waals surface area contributed by atoms with Gasteiger partial charge in [0.05, 0.1) is 56.3 Å². The molecule has 9 atom stereocenters. The zero-order valence-corrected chi connectivity index (χ0v) is 71.4. The third-order valence-electron chi connectivity index (χ3n) is 22.4. The minimum absolute atomic E-state index is 0.0257. The van der Waals surface area contributed by atoms with Crippen molar-refractivity contribution < 1.29 is 72.0 Å². The van der Waals surface area contributed by atoms with Crippen LogP contribution in [0, 0.1) is 5.92 Å². The summed E-state index contributed by atoms with van der Waals surface area (Å²) in [5, 5.41) is 28.1. The molecule has 1 heterocycles. The van der Waals surface area contributed by atoms with E-state index < -0.39 is 100 Å². The largest absolute Gasteiger partial charge is 0.481 e. The predicted molar refractivity (Wildman–Crippen MR) is 455 cm³/mol. The lowest BCUT2D eigenvalue weighted by atomic mass is 9.92. The van der Waals surface area contributed by atoms with Crippen molar-refractivity contribution in [1.29, 1.82) is 0 Å². The summed E-state index contributed by atoms with van der Waals surface area (Å²) in [7, 11) is -5.42. The van der Waals surface area contributed by atoms with Crippen LogP contribution in [0.5, 0.6) is 0 Å². The number of hydrogen-bond acceptors (Lipinski definition) is 12.